The lowest BCUT2D eigenvalue weighted by atomic mass is 9.91. The Balaban J connectivity index is 1.28. The number of aromatic nitrogens is 2. The summed E-state index contributed by atoms with van der Waals surface area (Å²) < 4.78 is 33.6. The van der Waals surface area contributed by atoms with E-state index in [0.29, 0.717) is 53.4 Å². The topological polar surface area (TPSA) is 112 Å². The Labute approximate surface area is 247 Å². The summed E-state index contributed by atoms with van der Waals surface area (Å²) in [6, 6.07) is 16.1. The number of rotatable bonds is 7. The zero-order valence-corrected chi connectivity index (χ0v) is 23.7. The van der Waals surface area contributed by atoms with Crippen LogP contribution in [0.3, 0.4) is 0 Å². The van der Waals surface area contributed by atoms with Gasteiger partial charge in [-0.2, -0.15) is 0 Å². The zero-order chi connectivity index (χ0) is 30.1. The lowest BCUT2D eigenvalue weighted by Crippen LogP contribution is -2.33. The van der Waals surface area contributed by atoms with Crippen LogP contribution >= 0.6 is 0 Å². The van der Waals surface area contributed by atoms with Gasteiger partial charge in [0.25, 0.3) is 11.5 Å². The van der Waals surface area contributed by atoms with Crippen molar-refractivity contribution >= 4 is 17.7 Å². The van der Waals surface area contributed by atoms with E-state index in [4.69, 9.17) is 14.2 Å². The summed E-state index contributed by atoms with van der Waals surface area (Å²) in [6.45, 7) is 0. The minimum Gasteiger partial charge on any atom is -0.498 e. The third-order valence-electron chi connectivity index (χ3n) is 7.81. The molecule has 220 valence electrons. The number of benzene rings is 2. The Morgan fingerprint density at radius 3 is 2.65 bits per heavy atom. The number of ether oxygens (including phenoxy) is 3. The SMILES string of the molecule is COC1=Cc2nccc(Oc3ccc(NC(=O)c4cc5c(n(-c6ccccc6)c4=O)CCCC5O)cc3F)c2CC1OC. The lowest BCUT2D eigenvalue weighted by Gasteiger charge is -2.26. The molecule has 2 atom stereocenters. The molecule has 0 spiro atoms. The molecule has 2 aliphatic carbocycles. The number of methoxy groups -OCH3 is 2. The highest BCUT2D eigenvalue weighted by atomic mass is 19.1. The second-order valence-electron chi connectivity index (χ2n) is 10.4. The van der Waals surface area contributed by atoms with Gasteiger partial charge in [0, 0.05) is 60.1 Å². The average molecular weight is 584 g/mol. The standard InChI is InChI=1S/C33H30FN3O6/c1-41-30-17-21-25(18-31(30)42-2)35-14-13-28(21)43-29-12-11-19(15-24(29)34)36-32(39)23-16-22-26(9-6-10-27(22)38)37(33(23)40)20-7-4-3-5-8-20/h3-5,7-8,11-16,18,27,30,38H,6,9-10,17H2,1-2H3,(H,36,39). The number of nitrogens with one attached hydrogen (secondary N) is 1. The van der Waals surface area contributed by atoms with Crippen molar-refractivity contribution in [2.45, 2.75) is 37.9 Å². The number of anilines is 1. The van der Waals surface area contributed by atoms with Gasteiger partial charge in [-0.15, -0.1) is 0 Å². The molecule has 10 heteroatoms. The van der Waals surface area contributed by atoms with E-state index in [1.165, 1.54) is 22.8 Å². The first kappa shape index (κ1) is 28.3. The number of fused-ring (bicyclic) bond motifs is 2. The number of carbonyl (C=O) groups is 1. The van der Waals surface area contributed by atoms with Crippen LogP contribution in [-0.2, 0) is 22.3 Å². The number of aliphatic hydroxyl groups is 1. The van der Waals surface area contributed by atoms with Crippen LogP contribution in [0.2, 0.25) is 0 Å². The van der Waals surface area contributed by atoms with Crippen LogP contribution in [0.1, 0.15) is 51.8 Å². The number of carbonyl (C=O) groups excluding carboxylic acids is 1. The second kappa shape index (κ2) is 11.8. The highest BCUT2D eigenvalue weighted by molar-refractivity contribution is 6.04. The Bertz CT molecular complexity index is 1790. The predicted molar refractivity (Wildman–Crippen MR) is 158 cm³/mol. The maximum atomic E-state index is 15.3. The van der Waals surface area contributed by atoms with Crippen LogP contribution < -0.4 is 15.6 Å². The third-order valence-corrected chi connectivity index (χ3v) is 7.81. The molecule has 43 heavy (non-hydrogen) atoms. The number of hydrogen-bond donors (Lipinski definition) is 2. The first-order chi connectivity index (χ1) is 20.9. The van der Waals surface area contributed by atoms with E-state index in [2.05, 4.69) is 10.3 Å². The molecule has 2 unspecified atom stereocenters. The molecule has 2 heterocycles. The zero-order valence-electron chi connectivity index (χ0n) is 23.7. The molecule has 2 aromatic carbocycles. The smallest absolute Gasteiger partial charge is 0.268 e. The Kier molecular flexibility index (Phi) is 7.79. The van der Waals surface area contributed by atoms with E-state index in [9.17, 15) is 14.7 Å². The highest BCUT2D eigenvalue weighted by Crippen LogP contribution is 2.35. The molecule has 9 nitrogen and oxygen atoms in total. The van der Waals surface area contributed by atoms with Crippen LogP contribution in [0.4, 0.5) is 10.1 Å². The molecule has 6 rings (SSSR count). The van der Waals surface area contributed by atoms with Crippen molar-refractivity contribution < 1.29 is 28.5 Å². The van der Waals surface area contributed by atoms with Gasteiger partial charge in [0.15, 0.2) is 11.6 Å². The number of hydrogen-bond acceptors (Lipinski definition) is 7. The number of pyridine rings is 2. The molecule has 0 bridgehead atoms. The highest BCUT2D eigenvalue weighted by Gasteiger charge is 2.28. The molecule has 4 aromatic rings. The van der Waals surface area contributed by atoms with Gasteiger partial charge in [-0.25, -0.2) is 4.39 Å². The number of halogens is 1. The van der Waals surface area contributed by atoms with E-state index in [1.807, 2.05) is 6.07 Å². The van der Waals surface area contributed by atoms with Crippen LogP contribution in [0.5, 0.6) is 11.5 Å². The molecule has 2 aromatic heterocycles. The molecular weight excluding hydrogens is 553 g/mol. The summed E-state index contributed by atoms with van der Waals surface area (Å²) in [5.41, 5.74) is 2.69. The molecule has 0 fully saturated rings. The van der Waals surface area contributed by atoms with Gasteiger partial charge >= 0.3 is 0 Å². The lowest BCUT2D eigenvalue weighted by molar-refractivity contribution is 0.0789. The fourth-order valence-corrected chi connectivity index (χ4v) is 5.65. The fourth-order valence-electron chi connectivity index (χ4n) is 5.65. The van der Waals surface area contributed by atoms with Gasteiger partial charge in [0.1, 0.15) is 23.2 Å². The molecule has 2 aliphatic rings. The molecular formula is C33H30FN3O6. The molecule has 0 saturated heterocycles. The van der Waals surface area contributed by atoms with Crippen molar-refractivity contribution in [1.29, 1.82) is 0 Å². The van der Waals surface area contributed by atoms with Gasteiger partial charge in [-0.05, 0) is 55.7 Å². The van der Waals surface area contributed by atoms with Crippen molar-refractivity contribution in [2.75, 3.05) is 19.5 Å². The van der Waals surface area contributed by atoms with Gasteiger partial charge in [-0.3, -0.25) is 19.1 Å². The maximum Gasteiger partial charge on any atom is 0.268 e. The molecule has 0 aliphatic heterocycles. The van der Waals surface area contributed by atoms with E-state index < -0.39 is 23.4 Å². The van der Waals surface area contributed by atoms with Gasteiger partial charge in [0.2, 0.25) is 0 Å². The summed E-state index contributed by atoms with van der Waals surface area (Å²) in [5, 5.41) is 13.3. The van der Waals surface area contributed by atoms with E-state index in [1.54, 1.807) is 56.8 Å². The van der Waals surface area contributed by atoms with Gasteiger partial charge in [-0.1, -0.05) is 18.2 Å². The van der Waals surface area contributed by atoms with E-state index in [0.717, 1.165) is 18.1 Å². The summed E-state index contributed by atoms with van der Waals surface area (Å²) >= 11 is 0. The fraction of sp³-hybridized carbons (Fsp3) is 0.242. The van der Waals surface area contributed by atoms with Crippen molar-refractivity contribution in [2.24, 2.45) is 0 Å². The van der Waals surface area contributed by atoms with Gasteiger partial charge in [0.05, 0.1) is 18.9 Å². The molecule has 0 saturated carbocycles. The predicted octanol–water partition coefficient (Wildman–Crippen LogP) is 5.34. The second-order valence-corrected chi connectivity index (χ2v) is 10.4. The average Bonchev–Trinajstić information content (AvgIpc) is 3.02. The normalized spacial score (nSPS) is 17.3. The Hall–Kier alpha value is -4.80. The Morgan fingerprint density at radius 1 is 1.09 bits per heavy atom. The van der Waals surface area contributed by atoms with Gasteiger partial charge < -0.3 is 24.6 Å². The van der Waals surface area contributed by atoms with E-state index in [-0.39, 0.29) is 23.1 Å². The Morgan fingerprint density at radius 2 is 1.91 bits per heavy atom. The number of para-hydroxylation sites is 1. The molecule has 1 amide bonds. The van der Waals surface area contributed by atoms with Crippen molar-refractivity contribution in [1.82, 2.24) is 9.55 Å². The van der Waals surface area contributed by atoms with Crippen LogP contribution in [0, 0.1) is 5.82 Å². The van der Waals surface area contributed by atoms with Crippen molar-refractivity contribution in [3.05, 3.63) is 117 Å². The number of aliphatic hydroxyl groups excluding tert-OH is 1. The van der Waals surface area contributed by atoms with Crippen LogP contribution in [0.25, 0.3) is 11.8 Å². The minimum atomic E-state index is -0.797. The summed E-state index contributed by atoms with van der Waals surface area (Å²) in [4.78, 5) is 31.4. The van der Waals surface area contributed by atoms with Crippen molar-refractivity contribution in [3.63, 3.8) is 0 Å². The number of amides is 1. The summed E-state index contributed by atoms with van der Waals surface area (Å²) in [5.74, 6) is -0.417. The third kappa shape index (κ3) is 5.42. The number of nitrogens with zero attached hydrogens (tertiary/aromatic N) is 2. The van der Waals surface area contributed by atoms with Crippen molar-refractivity contribution in [3.8, 4) is 17.2 Å². The molecule has 0 radical (unpaired) electrons. The largest absolute Gasteiger partial charge is 0.498 e. The molecule has 2 N–H and O–H groups in total. The quantitative estimate of drug-likeness (QED) is 0.302. The summed E-state index contributed by atoms with van der Waals surface area (Å²) in [7, 11) is 3.14. The summed E-state index contributed by atoms with van der Waals surface area (Å²) in [6.07, 6.45) is 4.49. The first-order valence-electron chi connectivity index (χ1n) is 13.9. The van der Waals surface area contributed by atoms with Crippen LogP contribution in [-0.4, -0.2) is 40.9 Å². The van der Waals surface area contributed by atoms with Crippen LogP contribution in [0.15, 0.2) is 77.4 Å². The first-order valence-corrected chi connectivity index (χ1v) is 13.9. The monoisotopic (exact) mass is 583 g/mol. The minimum absolute atomic E-state index is 0.0507. The van der Waals surface area contributed by atoms with E-state index >= 15 is 4.39 Å². The maximum absolute atomic E-state index is 15.3.